The van der Waals surface area contributed by atoms with Crippen molar-refractivity contribution in [2.24, 2.45) is 5.92 Å². The van der Waals surface area contributed by atoms with Crippen LogP contribution in [0.3, 0.4) is 0 Å². The fraction of sp³-hybridized carbons (Fsp3) is 0.265. The number of nitrogens with one attached hydrogen (secondary N) is 1. The van der Waals surface area contributed by atoms with Gasteiger partial charge >= 0.3 is 11.9 Å². The molecule has 0 aliphatic carbocycles. The molecule has 3 aromatic carbocycles. The fourth-order valence-corrected chi connectivity index (χ4v) is 5.16. The first-order chi connectivity index (χ1) is 22.4. The molecule has 0 aliphatic rings. The molecule has 5 rings (SSSR count). The molecule has 0 fully saturated rings. The number of alkyl halides is 3. The average molecular weight is 648 g/mol. The molecule has 1 amide bonds. The number of aromatic hydroxyl groups is 1. The lowest BCUT2D eigenvalue weighted by molar-refractivity contribution is -0.137. The number of amides is 1. The third-order valence-corrected chi connectivity index (χ3v) is 7.56. The summed E-state index contributed by atoms with van der Waals surface area (Å²) in [6, 6.07) is 21.8. The molecule has 0 unspecified atom stereocenters. The van der Waals surface area contributed by atoms with Crippen molar-refractivity contribution in [2.45, 2.75) is 52.0 Å². The first kappa shape index (κ1) is 32.9. The molecule has 2 aromatic heterocycles. The molecule has 244 valence electrons. The van der Waals surface area contributed by atoms with Gasteiger partial charge in [0.05, 0.1) is 30.3 Å². The maximum Gasteiger partial charge on any atom is 0.416 e. The van der Waals surface area contributed by atoms with E-state index in [0.29, 0.717) is 0 Å². The minimum absolute atomic E-state index is 0.0751. The van der Waals surface area contributed by atoms with E-state index in [0.717, 1.165) is 23.3 Å². The molecule has 13 heteroatoms. The SMILES string of the molecule is CC(C)[C@H](NC(=O)Cn1c(Cc2ccccc2)c(O)n(Cc2ccccc2)c1=O)C(=O)c1noc(Cc2cccc(C(F)(F)F)c2)n1. The van der Waals surface area contributed by atoms with E-state index in [1.807, 2.05) is 60.7 Å². The number of hydrogen-bond donors (Lipinski definition) is 2. The topological polar surface area (TPSA) is 132 Å². The standard InChI is InChI=1S/C34H32F3N5O5/c1-21(2)29(30(44)31-39-28(47-40-31)18-24-14-9-15-25(16-24)34(35,36)37)38-27(43)20-41-26(17-22-10-5-3-6-11-22)32(45)42(33(41)46)19-23-12-7-4-8-13-23/h3-16,21,29,45H,17-20H2,1-2H3,(H,38,43)/t29-/m0/s1. The van der Waals surface area contributed by atoms with E-state index in [4.69, 9.17) is 4.52 Å². The third-order valence-electron chi connectivity index (χ3n) is 7.56. The second kappa shape index (κ2) is 13.9. The van der Waals surface area contributed by atoms with Crippen LogP contribution in [0.4, 0.5) is 13.2 Å². The van der Waals surface area contributed by atoms with Crippen molar-refractivity contribution < 1.29 is 32.4 Å². The predicted octanol–water partition coefficient (Wildman–Crippen LogP) is 5.01. The van der Waals surface area contributed by atoms with Crippen molar-refractivity contribution in [3.63, 3.8) is 0 Å². The van der Waals surface area contributed by atoms with Gasteiger partial charge in [0.25, 0.3) is 0 Å². The van der Waals surface area contributed by atoms with E-state index in [-0.39, 0.29) is 48.2 Å². The third kappa shape index (κ3) is 7.86. The lowest BCUT2D eigenvalue weighted by Gasteiger charge is -2.20. The number of benzene rings is 3. The van der Waals surface area contributed by atoms with Crippen LogP contribution in [0, 0.1) is 5.92 Å². The molecule has 0 saturated heterocycles. The Hall–Kier alpha value is -5.46. The lowest BCUT2D eigenvalue weighted by Crippen LogP contribution is -2.46. The van der Waals surface area contributed by atoms with Crippen molar-refractivity contribution in [3.05, 3.63) is 135 Å². The number of carbonyl (C=O) groups is 2. The van der Waals surface area contributed by atoms with Crippen molar-refractivity contribution in [1.82, 2.24) is 24.6 Å². The molecule has 2 N–H and O–H groups in total. The smallest absolute Gasteiger partial charge is 0.416 e. The van der Waals surface area contributed by atoms with Gasteiger partial charge in [-0.3, -0.25) is 18.7 Å². The number of aromatic nitrogens is 4. The first-order valence-corrected chi connectivity index (χ1v) is 14.8. The van der Waals surface area contributed by atoms with E-state index in [2.05, 4.69) is 15.5 Å². The molecule has 0 radical (unpaired) electrons. The van der Waals surface area contributed by atoms with Gasteiger partial charge in [0.2, 0.25) is 29.3 Å². The summed E-state index contributed by atoms with van der Waals surface area (Å²) in [5.41, 5.74) is 0.644. The summed E-state index contributed by atoms with van der Waals surface area (Å²) in [6.07, 6.45) is -4.49. The molecular weight excluding hydrogens is 615 g/mol. The zero-order valence-corrected chi connectivity index (χ0v) is 25.6. The second-order valence-electron chi connectivity index (χ2n) is 11.4. The van der Waals surface area contributed by atoms with Gasteiger partial charge in [0.1, 0.15) is 6.54 Å². The first-order valence-electron chi connectivity index (χ1n) is 14.8. The summed E-state index contributed by atoms with van der Waals surface area (Å²) in [5, 5.41) is 17.5. The van der Waals surface area contributed by atoms with Gasteiger partial charge in [-0.2, -0.15) is 18.2 Å². The van der Waals surface area contributed by atoms with Crippen LogP contribution in [0.2, 0.25) is 0 Å². The summed E-state index contributed by atoms with van der Waals surface area (Å²) in [7, 11) is 0. The van der Waals surface area contributed by atoms with E-state index in [1.54, 1.807) is 13.8 Å². The number of nitrogens with zero attached hydrogens (tertiary/aromatic N) is 4. The summed E-state index contributed by atoms with van der Waals surface area (Å²) < 4.78 is 46.9. The Bertz CT molecular complexity index is 1910. The number of rotatable bonds is 12. The highest BCUT2D eigenvalue weighted by atomic mass is 19.4. The largest absolute Gasteiger partial charge is 0.493 e. The summed E-state index contributed by atoms with van der Waals surface area (Å²) >= 11 is 0. The molecule has 0 saturated carbocycles. The van der Waals surface area contributed by atoms with Crippen LogP contribution >= 0.6 is 0 Å². The number of hydrogen-bond acceptors (Lipinski definition) is 7. The Balaban J connectivity index is 1.35. The molecule has 5 aromatic rings. The lowest BCUT2D eigenvalue weighted by atomic mass is 9.99. The van der Waals surface area contributed by atoms with Gasteiger partial charge in [-0.05, 0) is 28.7 Å². The van der Waals surface area contributed by atoms with Gasteiger partial charge in [-0.15, -0.1) is 0 Å². The van der Waals surface area contributed by atoms with E-state index < -0.39 is 47.6 Å². The quantitative estimate of drug-likeness (QED) is 0.182. The predicted molar refractivity (Wildman–Crippen MR) is 165 cm³/mol. The second-order valence-corrected chi connectivity index (χ2v) is 11.4. The van der Waals surface area contributed by atoms with Gasteiger partial charge in [-0.1, -0.05) is 97.9 Å². The van der Waals surface area contributed by atoms with Crippen LogP contribution in [-0.2, 0) is 36.9 Å². The molecule has 10 nitrogen and oxygen atoms in total. The van der Waals surface area contributed by atoms with Crippen LogP contribution in [0.25, 0.3) is 0 Å². The average Bonchev–Trinajstić information content (AvgIpc) is 3.59. The Morgan fingerprint density at radius 3 is 2.17 bits per heavy atom. The number of ketones is 1. The number of imidazole rings is 1. The van der Waals surface area contributed by atoms with Gasteiger partial charge in [0, 0.05) is 6.42 Å². The molecule has 0 spiro atoms. The Labute approximate surface area is 267 Å². The molecule has 2 heterocycles. The number of Topliss-reactive ketones (excluding diaryl/α,β-unsaturated/α-hetero) is 1. The van der Waals surface area contributed by atoms with E-state index in [9.17, 15) is 32.7 Å². The van der Waals surface area contributed by atoms with Gasteiger partial charge < -0.3 is 14.9 Å². The van der Waals surface area contributed by atoms with Crippen molar-refractivity contribution in [3.8, 4) is 5.88 Å². The minimum atomic E-state index is -4.52. The normalized spacial score (nSPS) is 12.3. The van der Waals surface area contributed by atoms with Crippen LogP contribution in [0.1, 0.15) is 58.3 Å². The maximum absolute atomic E-state index is 13.6. The molecule has 47 heavy (non-hydrogen) atoms. The molecule has 0 bridgehead atoms. The highest BCUT2D eigenvalue weighted by molar-refractivity contribution is 5.99. The maximum atomic E-state index is 13.6. The van der Waals surface area contributed by atoms with Crippen LogP contribution in [-0.4, -0.2) is 42.1 Å². The Morgan fingerprint density at radius 2 is 1.53 bits per heavy atom. The molecule has 1 atom stereocenters. The van der Waals surface area contributed by atoms with E-state index >= 15 is 0 Å². The van der Waals surface area contributed by atoms with Crippen LogP contribution in [0.5, 0.6) is 5.88 Å². The van der Waals surface area contributed by atoms with E-state index in [1.165, 1.54) is 21.3 Å². The monoisotopic (exact) mass is 647 g/mol. The van der Waals surface area contributed by atoms with Crippen LogP contribution < -0.4 is 11.0 Å². The van der Waals surface area contributed by atoms with Crippen molar-refractivity contribution >= 4 is 11.7 Å². The summed E-state index contributed by atoms with van der Waals surface area (Å²) in [6.45, 7) is 2.98. The Morgan fingerprint density at radius 1 is 0.894 bits per heavy atom. The summed E-state index contributed by atoms with van der Waals surface area (Å²) in [5.74, 6) is -2.47. The zero-order valence-electron chi connectivity index (χ0n) is 25.6. The Kier molecular flexibility index (Phi) is 9.73. The van der Waals surface area contributed by atoms with Gasteiger partial charge in [-0.25, -0.2) is 4.79 Å². The zero-order chi connectivity index (χ0) is 33.7. The summed E-state index contributed by atoms with van der Waals surface area (Å²) in [4.78, 5) is 44.4. The van der Waals surface area contributed by atoms with Crippen LogP contribution in [0.15, 0.2) is 94.2 Å². The molecular formula is C34H32F3N5O5. The van der Waals surface area contributed by atoms with Gasteiger partial charge in [0.15, 0.2) is 0 Å². The fourth-order valence-electron chi connectivity index (χ4n) is 5.16. The van der Waals surface area contributed by atoms with Crippen molar-refractivity contribution in [2.75, 3.05) is 0 Å². The molecule has 0 aliphatic heterocycles. The highest BCUT2D eigenvalue weighted by Gasteiger charge is 2.32. The highest BCUT2D eigenvalue weighted by Crippen LogP contribution is 2.30. The number of carbonyl (C=O) groups excluding carboxylic acids is 2. The van der Waals surface area contributed by atoms with Crippen molar-refractivity contribution in [1.29, 1.82) is 0 Å². The number of halogens is 3. The minimum Gasteiger partial charge on any atom is -0.493 e.